The topological polar surface area (TPSA) is 84.1 Å². The summed E-state index contributed by atoms with van der Waals surface area (Å²) in [5.41, 5.74) is 2.55. The van der Waals surface area contributed by atoms with Gasteiger partial charge in [-0.25, -0.2) is 0 Å². The summed E-state index contributed by atoms with van der Waals surface area (Å²) in [5, 5.41) is 4.78. The molecule has 182 valence electrons. The fourth-order valence-electron chi connectivity index (χ4n) is 4.11. The predicted octanol–water partition coefficient (Wildman–Crippen LogP) is 5.37. The van der Waals surface area contributed by atoms with Crippen LogP contribution >= 0.6 is 12.2 Å². The first kappa shape index (κ1) is 24.6. The number of nitrogens with zero attached hydrogens (tertiary/aromatic N) is 3. The number of nitrogens with one attached hydrogen (secondary N) is 1. The fourth-order valence-corrected chi connectivity index (χ4v) is 4.39. The van der Waals surface area contributed by atoms with Crippen LogP contribution in [0.1, 0.15) is 37.9 Å². The van der Waals surface area contributed by atoms with Crippen LogP contribution in [0, 0.1) is 4.77 Å². The molecule has 7 nitrogen and oxygen atoms in total. The predicted molar refractivity (Wildman–Crippen MR) is 140 cm³/mol. The Morgan fingerprint density at radius 3 is 2.66 bits per heavy atom. The summed E-state index contributed by atoms with van der Waals surface area (Å²) in [6.45, 7) is 1.22. The van der Waals surface area contributed by atoms with Crippen molar-refractivity contribution >= 4 is 29.0 Å². The molecule has 35 heavy (non-hydrogen) atoms. The lowest BCUT2D eigenvalue weighted by molar-refractivity contribution is -0.130. The van der Waals surface area contributed by atoms with Crippen LogP contribution in [0.25, 0.3) is 22.2 Å². The van der Waals surface area contributed by atoms with Gasteiger partial charge in [0.15, 0.2) is 4.77 Å². The van der Waals surface area contributed by atoms with Crippen molar-refractivity contribution in [1.82, 2.24) is 19.6 Å². The maximum absolute atomic E-state index is 12.7. The minimum atomic E-state index is -0.0668. The molecule has 2 aromatic heterocycles. The molecule has 0 radical (unpaired) electrons. The van der Waals surface area contributed by atoms with Crippen LogP contribution in [0.5, 0.6) is 0 Å². The zero-order chi connectivity index (χ0) is 24.6. The van der Waals surface area contributed by atoms with Gasteiger partial charge >= 0.3 is 0 Å². The summed E-state index contributed by atoms with van der Waals surface area (Å²) in [4.78, 5) is 30.1. The van der Waals surface area contributed by atoms with Crippen molar-refractivity contribution in [3.8, 4) is 11.3 Å². The third-order valence-electron chi connectivity index (χ3n) is 6.13. The van der Waals surface area contributed by atoms with Crippen molar-refractivity contribution in [2.75, 3.05) is 13.6 Å². The van der Waals surface area contributed by atoms with E-state index in [4.69, 9.17) is 16.7 Å². The van der Waals surface area contributed by atoms with Crippen LogP contribution in [0.15, 0.2) is 70.0 Å². The van der Waals surface area contributed by atoms with E-state index in [1.165, 1.54) is 0 Å². The van der Waals surface area contributed by atoms with Gasteiger partial charge in [0.05, 0.1) is 10.9 Å². The van der Waals surface area contributed by atoms with E-state index in [0.29, 0.717) is 29.7 Å². The van der Waals surface area contributed by atoms with Crippen molar-refractivity contribution in [1.29, 1.82) is 0 Å². The second kappa shape index (κ2) is 11.8. The normalized spacial score (nSPS) is 11.1. The molecule has 2 heterocycles. The van der Waals surface area contributed by atoms with Crippen LogP contribution < -0.4 is 5.56 Å². The number of carbonyl (C=O) groups excluding carboxylic acids is 1. The molecule has 4 aromatic rings. The minimum absolute atomic E-state index is 0.0668. The number of carbonyl (C=O) groups is 1. The highest BCUT2D eigenvalue weighted by Crippen LogP contribution is 2.19. The second-order valence-electron chi connectivity index (χ2n) is 8.71. The first-order valence-corrected chi connectivity index (χ1v) is 12.4. The van der Waals surface area contributed by atoms with Crippen LogP contribution in [-0.2, 0) is 17.8 Å². The van der Waals surface area contributed by atoms with E-state index in [9.17, 15) is 9.59 Å². The average molecular weight is 491 g/mol. The molecule has 4 rings (SSSR count). The number of rotatable bonds is 11. The van der Waals surface area contributed by atoms with Crippen molar-refractivity contribution in [2.24, 2.45) is 0 Å². The monoisotopic (exact) mass is 490 g/mol. The Morgan fingerprint density at radius 2 is 1.83 bits per heavy atom. The number of hydrogen-bond acceptors (Lipinski definition) is 5. The lowest BCUT2D eigenvalue weighted by Crippen LogP contribution is -2.27. The number of aryl methyl sites for hydroxylation is 1. The molecular formula is C27H30N4O3S. The Morgan fingerprint density at radius 1 is 1.06 bits per heavy atom. The van der Waals surface area contributed by atoms with Gasteiger partial charge in [-0.05, 0) is 43.6 Å². The van der Waals surface area contributed by atoms with Crippen molar-refractivity contribution in [3.63, 3.8) is 0 Å². The SMILES string of the molecule is CN(CCCc1cc(-c2ccccc2)no1)C(=O)CCCCCn1c(=S)[nH]c2ccccc2c1=O. The Balaban J connectivity index is 1.16. The molecule has 0 aliphatic rings. The quantitative estimate of drug-likeness (QED) is 0.226. The summed E-state index contributed by atoms with van der Waals surface area (Å²) in [6.07, 6.45) is 4.48. The Bertz CT molecular complexity index is 1390. The number of aromatic nitrogens is 3. The molecule has 0 fully saturated rings. The highest BCUT2D eigenvalue weighted by molar-refractivity contribution is 7.71. The minimum Gasteiger partial charge on any atom is -0.361 e. The Hall–Kier alpha value is -3.52. The largest absolute Gasteiger partial charge is 0.361 e. The summed E-state index contributed by atoms with van der Waals surface area (Å²) in [7, 11) is 1.84. The van der Waals surface area contributed by atoms with Crippen molar-refractivity contribution < 1.29 is 9.32 Å². The van der Waals surface area contributed by atoms with E-state index >= 15 is 0 Å². The van der Waals surface area contributed by atoms with Gasteiger partial charge in [0.2, 0.25) is 5.91 Å². The van der Waals surface area contributed by atoms with E-state index < -0.39 is 0 Å². The first-order valence-electron chi connectivity index (χ1n) is 12.0. The van der Waals surface area contributed by atoms with Gasteiger partial charge in [-0.15, -0.1) is 0 Å². The molecule has 0 spiro atoms. The molecule has 0 atom stereocenters. The summed E-state index contributed by atoms with van der Waals surface area (Å²) in [6, 6.07) is 19.3. The number of hydrogen-bond donors (Lipinski definition) is 1. The van der Waals surface area contributed by atoms with Crippen molar-refractivity contribution in [2.45, 2.75) is 45.1 Å². The van der Waals surface area contributed by atoms with Crippen LogP contribution in [-0.4, -0.2) is 39.1 Å². The summed E-state index contributed by atoms with van der Waals surface area (Å²) < 4.78 is 7.49. The summed E-state index contributed by atoms with van der Waals surface area (Å²) in [5.74, 6) is 0.958. The van der Waals surface area contributed by atoms with Gasteiger partial charge < -0.3 is 14.4 Å². The van der Waals surface area contributed by atoms with E-state index in [0.717, 1.165) is 54.6 Å². The number of amides is 1. The molecule has 8 heteroatoms. The van der Waals surface area contributed by atoms with Gasteiger partial charge in [0.1, 0.15) is 11.5 Å². The van der Waals surface area contributed by atoms with Gasteiger partial charge in [-0.1, -0.05) is 54.0 Å². The number of benzene rings is 2. The van der Waals surface area contributed by atoms with E-state index in [2.05, 4.69) is 10.1 Å². The maximum Gasteiger partial charge on any atom is 0.262 e. The first-order chi connectivity index (χ1) is 17.0. The lowest BCUT2D eigenvalue weighted by atomic mass is 10.1. The third-order valence-corrected chi connectivity index (χ3v) is 6.46. The highest BCUT2D eigenvalue weighted by Gasteiger charge is 2.11. The number of fused-ring (bicyclic) bond motifs is 1. The van der Waals surface area contributed by atoms with E-state index in [-0.39, 0.29) is 11.5 Å². The smallest absolute Gasteiger partial charge is 0.262 e. The molecule has 1 amide bonds. The number of para-hydroxylation sites is 1. The van der Waals surface area contributed by atoms with Gasteiger partial charge in [0, 0.05) is 44.6 Å². The molecule has 2 aromatic carbocycles. The second-order valence-corrected chi connectivity index (χ2v) is 9.09. The molecule has 0 bridgehead atoms. The van der Waals surface area contributed by atoms with Crippen LogP contribution in [0.2, 0.25) is 0 Å². The van der Waals surface area contributed by atoms with Gasteiger partial charge in [0.25, 0.3) is 5.56 Å². The molecular weight excluding hydrogens is 460 g/mol. The molecule has 1 N–H and O–H groups in total. The zero-order valence-electron chi connectivity index (χ0n) is 19.9. The zero-order valence-corrected chi connectivity index (χ0v) is 20.7. The number of unbranched alkanes of at least 4 members (excludes halogenated alkanes) is 2. The lowest BCUT2D eigenvalue weighted by Gasteiger charge is -2.16. The van der Waals surface area contributed by atoms with Crippen molar-refractivity contribution in [3.05, 3.63) is 81.5 Å². The molecule has 0 aliphatic heterocycles. The summed E-state index contributed by atoms with van der Waals surface area (Å²) >= 11 is 5.36. The average Bonchev–Trinajstić information content (AvgIpc) is 3.35. The molecule has 0 aliphatic carbocycles. The van der Waals surface area contributed by atoms with Gasteiger partial charge in [-0.2, -0.15) is 0 Å². The standard InChI is InChI=1S/C27H30N4O3S/c1-30(17-10-13-21-19-24(29-34-21)20-11-4-2-5-12-20)25(32)16-6-3-9-18-31-26(33)22-14-7-8-15-23(22)28-27(31)35/h2,4-5,7-8,11-12,14-15,19H,3,6,9-10,13,16-18H2,1H3,(H,28,35). The van der Waals surface area contributed by atoms with Crippen LogP contribution in [0.4, 0.5) is 0 Å². The Kier molecular flexibility index (Phi) is 8.26. The highest BCUT2D eigenvalue weighted by atomic mass is 32.1. The van der Waals surface area contributed by atoms with E-state index in [1.807, 2.05) is 61.6 Å². The molecule has 0 saturated heterocycles. The number of H-pyrrole nitrogens is 1. The third kappa shape index (κ3) is 6.33. The molecule has 0 saturated carbocycles. The Labute approximate surface area is 209 Å². The van der Waals surface area contributed by atoms with E-state index in [1.54, 1.807) is 15.5 Å². The maximum atomic E-state index is 12.7. The fraction of sp³-hybridized carbons (Fsp3) is 0.333. The number of aromatic amines is 1. The molecule has 0 unspecified atom stereocenters. The van der Waals surface area contributed by atoms with Crippen LogP contribution in [0.3, 0.4) is 0 Å². The van der Waals surface area contributed by atoms with Gasteiger partial charge in [-0.3, -0.25) is 14.2 Å².